The number of carboxylic acids is 1. The van der Waals surface area contributed by atoms with E-state index in [1.54, 1.807) is 12.1 Å². The number of alkyl halides is 1. The minimum atomic E-state index is -1.38. The molecule has 1 unspecified atom stereocenters. The van der Waals surface area contributed by atoms with Gasteiger partial charge in [-0.05, 0) is 18.1 Å². The van der Waals surface area contributed by atoms with Gasteiger partial charge in [0.15, 0.2) is 0 Å². The van der Waals surface area contributed by atoms with Crippen molar-refractivity contribution in [1.29, 1.82) is 0 Å². The summed E-state index contributed by atoms with van der Waals surface area (Å²) in [5, 5.41) is 30.6. The highest BCUT2D eigenvalue weighted by molar-refractivity contribution is 6.47. The highest BCUT2D eigenvalue weighted by atomic mass is 19.1. The Balaban J connectivity index is 1.63. The normalized spacial score (nSPS) is 21.7. The van der Waals surface area contributed by atoms with Crippen LogP contribution < -0.4 is 9.97 Å². The van der Waals surface area contributed by atoms with E-state index in [1.807, 2.05) is 0 Å². The van der Waals surface area contributed by atoms with Crippen LogP contribution in [0.25, 0.3) is 0 Å². The van der Waals surface area contributed by atoms with Crippen molar-refractivity contribution < 1.29 is 28.8 Å². The molecule has 0 aromatic heterocycles. The van der Waals surface area contributed by atoms with Gasteiger partial charge in [-0.3, -0.25) is 9.80 Å². The first-order chi connectivity index (χ1) is 12.0. The first kappa shape index (κ1) is 17.1. The summed E-state index contributed by atoms with van der Waals surface area (Å²) < 4.78 is 17.8. The number of carbonyl (C=O) groups is 2. The number of benzene rings is 1. The van der Waals surface area contributed by atoms with Crippen molar-refractivity contribution in [2.75, 3.05) is 19.8 Å². The van der Waals surface area contributed by atoms with Crippen LogP contribution in [0.15, 0.2) is 28.5 Å². The summed E-state index contributed by atoms with van der Waals surface area (Å²) in [5.41, 5.74) is 0.532. The van der Waals surface area contributed by atoms with E-state index in [0.717, 1.165) is 0 Å². The minimum absolute atomic E-state index is 0.0453. The van der Waals surface area contributed by atoms with Crippen LogP contribution in [-0.2, 0) is 11.2 Å². The van der Waals surface area contributed by atoms with Crippen molar-refractivity contribution in [2.45, 2.75) is 18.4 Å². The number of aromatic carboxylic acids is 1. The number of halogens is 1. The lowest BCUT2D eigenvalue weighted by molar-refractivity contribution is -0.122. The average molecular weight is 350 g/mol. The molecule has 3 N–H and O–H groups in total. The summed E-state index contributed by atoms with van der Waals surface area (Å²) in [6.45, 7) is -0.539. The van der Waals surface area contributed by atoms with Crippen LogP contribution in [0.3, 0.4) is 0 Å². The van der Waals surface area contributed by atoms with E-state index in [1.165, 1.54) is 11.1 Å². The van der Waals surface area contributed by atoms with E-state index in [-0.39, 0.29) is 30.8 Å². The number of nitrogens with one attached hydrogen (secondary N) is 1. The predicted molar refractivity (Wildman–Crippen MR) is 83.8 cm³/mol. The molecule has 9 nitrogen and oxygen atoms in total. The van der Waals surface area contributed by atoms with E-state index in [2.05, 4.69) is 15.7 Å². The summed E-state index contributed by atoms with van der Waals surface area (Å²) in [7, 11) is -1.38. The summed E-state index contributed by atoms with van der Waals surface area (Å²) in [5.74, 6) is -2.22. The van der Waals surface area contributed by atoms with Crippen molar-refractivity contribution in [3.05, 3.63) is 29.3 Å². The van der Waals surface area contributed by atoms with Gasteiger partial charge in [-0.15, -0.1) is 0 Å². The summed E-state index contributed by atoms with van der Waals surface area (Å²) in [6, 6.07) is 4.07. The van der Waals surface area contributed by atoms with Gasteiger partial charge < -0.3 is 20.1 Å². The molecule has 3 rings (SSSR count). The lowest BCUT2D eigenvalue weighted by Gasteiger charge is -2.29. The molecule has 25 heavy (non-hydrogen) atoms. The van der Waals surface area contributed by atoms with E-state index in [4.69, 9.17) is 9.76 Å². The molecular weight excluding hydrogens is 334 g/mol. The molecule has 1 aromatic carbocycles. The van der Waals surface area contributed by atoms with Crippen LogP contribution in [0.4, 0.5) is 4.39 Å². The van der Waals surface area contributed by atoms with Crippen molar-refractivity contribution in [1.82, 2.24) is 10.3 Å². The van der Waals surface area contributed by atoms with Gasteiger partial charge in [-0.1, -0.05) is 17.4 Å². The van der Waals surface area contributed by atoms with Crippen LogP contribution in [0, 0.1) is 0 Å². The Morgan fingerprint density at radius 1 is 1.48 bits per heavy atom. The Kier molecular flexibility index (Phi) is 4.84. The second-order valence-corrected chi connectivity index (χ2v) is 5.85. The third-order valence-electron chi connectivity index (χ3n) is 3.96. The topological polar surface area (TPSA) is 124 Å². The Bertz CT molecular complexity index is 718. The van der Waals surface area contributed by atoms with Crippen molar-refractivity contribution in [2.24, 2.45) is 10.3 Å². The number of rotatable bonds is 5. The molecule has 11 heteroatoms. The quantitative estimate of drug-likeness (QED) is 0.635. The predicted octanol–water partition coefficient (Wildman–Crippen LogP) is -0.155. The minimum Gasteiger partial charge on any atom is -0.534 e. The molecule has 2 atom stereocenters. The van der Waals surface area contributed by atoms with Crippen LogP contribution in [-0.4, -0.2) is 65.9 Å². The SMILES string of the molecule is O=C(CN1CC(CF)N=N1)N[C@H]1Cc2cccc(C(=O)O)c2OB1O. The van der Waals surface area contributed by atoms with E-state index in [9.17, 15) is 19.0 Å². The monoisotopic (exact) mass is 350 g/mol. The van der Waals surface area contributed by atoms with Gasteiger partial charge in [0, 0.05) is 0 Å². The second-order valence-electron chi connectivity index (χ2n) is 5.85. The van der Waals surface area contributed by atoms with Gasteiger partial charge in [0.1, 0.15) is 25.0 Å². The number of carbonyl (C=O) groups excluding carboxylic acids is 1. The maximum absolute atomic E-state index is 12.5. The third kappa shape index (κ3) is 3.71. The average Bonchev–Trinajstić information content (AvgIpc) is 3.02. The Morgan fingerprint density at radius 3 is 2.96 bits per heavy atom. The van der Waals surface area contributed by atoms with Crippen molar-refractivity contribution >= 4 is 19.0 Å². The van der Waals surface area contributed by atoms with Crippen molar-refractivity contribution in [3.63, 3.8) is 0 Å². The molecule has 0 aliphatic carbocycles. The molecule has 0 fully saturated rings. The van der Waals surface area contributed by atoms with E-state index in [0.29, 0.717) is 5.56 Å². The fourth-order valence-corrected chi connectivity index (χ4v) is 2.77. The Morgan fingerprint density at radius 2 is 2.28 bits per heavy atom. The summed E-state index contributed by atoms with van der Waals surface area (Å²) in [6.07, 6.45) is 0.220. The van der Waals surface area contributed by atoms with Crippen LogP contribution in [0.5, 0.6) is 5.75 Å². The molecule has 0 saturated heterocycles. The number of amides is 1. The van der Waals surface area contributed by atoms with Crippen LogP contribution >= 0.6 is 0 Å². The lowest BCUT2D eigenvalue weighted by Crippen LogP contribution is -2.54. The zero-order valence-corrected chi connectivity index (χ0v) is 13.1. The smallest absolute Gasteiger partial charge is 0.534 e. The maximum Gasteiger partial charge on any atom is 0.547 e. The number of para-hydroxylation sites is 1. The fourth-order valence-electron chi connectivity index (χ4n) is 2.77. The third-order valence-corrected chi connectivity index (χ3v) is 3.96. The molecule has 1 aromatic rings. The first-order valence-electron chi connectivity index (χ1n) is 7.69. The number of nitrogens with zero attached hydrogens (tertiary/aromatic N) is 3. The van der Waals surface area contributed by atoms with Gasteiger partial charge in [0.2, 0.25) is 5.91 Å². The largest absolute Gasteiger partial charge is 0.547 e. The van der Waals surface area contributed by atoms with Gasteiger partial charge in [0.25, 0.3) is 0 Å². The molecule has 0 saturated carbocycles. The fraction of sp³-hybridized carbons (Fsp3) is 0.429. The zero-order chi connectivity index (χ0) is 18.0. The van der Waals surface area contributed by atoms with Gasteiger partial charge in [-0.25, -0.2) is 9.18 Å². The second kappa shape index (κ2) is 7.05. The van der Waals surface area contributed by atoms with Gasteiger partial charge in [0.05, 0.1) is 18.0 Å². The molecule has 2 aliphatic heterocycles. The number of hydrogen-bond donors (Lipinski definition) is 3. The molecule has 2 heterocycles. The molecule has 1 amide bonds. The highest BCUT2D eigenvalue weighted by Crippen LogP contribution is 2.30. The summed E-state index contributed by atoms with van der Waals surface area (Å²) >= 11 is 0. The molecule has 0 bridgehead atoms. The molecule has 0 radical (unpaired) electrons. The maximum atomic E-state index is 12.5. The number of carboxylic acid groups (broad SMARTS) is 1. The zero-order valence-electron chi connectivity index (χ0n) is 13.1. The Labute approximate surface area is 142 Å². The standard InChI is InChI=1S/C14H16BFN4O5/c16-5-9-6-20(19-18-9)7-12(21)17-11-4-8-2-1-3-10(14(22)23)13(8)25-15(11)24/h1-3,9,11,24H,4-7H2,(H,17,21)(H,22,23)/t9?,11-/m0/s1. The Hall–Kier alpha value is -2.69. The number of fused-ring (bicyclic) bond motifs is 1. The van der Waals surface area contributed by atoms with Gasteiger partial charge >= 0.3 is 13.1 Å². The van der Waals surface area contributed by atoms with E-state index < -0.39 is 37.7 Å². The molecular formula is C14H16BFN4O5. The number of hydrogen-bond acceptors (Lipinski definition) is 7. The van der Waals surface area contributed by atoms with Gasteiger partial charge in [-0.2, -0.15) is 5.11 Å². The summed E-state index contributed by atoms with van der Waals surface area (Å²) in [4.78, 5) is 23.3. The molecule has 2 aliphatic rings. The van der Waals surface area contributed by atoms with Crippen LogP contribution in [0.1, 0.15) is 15.9 Å². The first-order valence-corrected chi connectivity index (χ1v) is 7.69. The van der Waals surface area contributed by atoms with E-state index >= 15 is 0 Å². The molecule has 132 valence electrons. The molecule has 0 spiro atoms. The van der Waals surface area contributed by atoms with Crippen molar-refractivity contribution in [3.8, 4) is 5.75 Å². The van der Waals surface area contributed by atoms with Crippen LogP contribution in [0.2, 0.25) is 0 Å². The highest BCUT2D eigenvalue weighted by Gasteiger charge is 2.38. The lowest BCUT2D eigenvalue weighted by atomic mass is 9.72.